The van der Waals surface area contributed by atoms with Gasteiger partial charge in [-0.2, -0.15) is 5.26 Å². The van der Waals surface area contributed by atoms with Gasteiger partial charge in [0.05, 0.1) is 11.6 Å². The lowest BCUT2D eigenvalue weighted by Gasteiger charge is -2.20. The van der Waals surface area contributed by atoms with E-state index in [-0.39, 0.29) is 11.7 Å². The number of alkyl halides is 1. The van der Waals surface area contributed by atoms with Gasteiger partial charge in [0.2, 0.25) is 0 Å². The van der Waals surface area contributed by atoms with Crippen molar-refractivity contribution in [3.63, 3.8) is 0 Å². The molecule has 0 radical (unpaired) electrons. The average molecular weight is 222 g/mol. The standard InChI is InChI=1S/C12H12ClNO/c1-12(2,8-13)11(15)10-6-4-3-5-9(10)7-14/h3-6H,8H2,1-2H3. The number of hydrogen-bond donors (Lipinski definition) is 0. The molecule has 0 N–H and O–H groups in total. The van der Waals surface area contributed by atoms with Gasteiger partial charge in [0.1, 0.15) is 0 Å². The van der Waals surface area contributed by atoms with E-state index in [9.17, 15) is 4.79 Å². The van der Waals surface area contributed by atoms with Crippen LogP contribution in [-0.2, 0) is 0 Å². The fourth-order valence-corrected chi connectivity index (χ4v) is 1.33. The van der Waals surface area contributed by atoms with Crippen molar-refractivity contribution >= 4 is 17.4 Å². The summed E-state index contributed by atoms with van der Waals surface area (Å²) >= 11 is 5.73. The second-order valence-corrected chi connectivity index (χ2v) is 4.27. The fraction of sp³-hybridized carbons (Fsp3) is 0.333. The summed E-state index contributed by atoms with van der Waals surface area (Å²) in [6.45, 7) is 3.55. The molecule has 0 fully saturated rings. The molecule has 0 amide bonds. The third-order valence-electron chi connectivity index (χ3n) is 2.24. The van der Waals surface area contributed by atoms with Crippen LogP contribution >= 0.6 is 11.6 Å². The van der Waals surface area contributed by atoms with E-state index >= 15 is 0 Å². The number of Topliss-reactive ketones (excluding diaryl/α,β-unsaturated/α-hetero) is 1. The van der Waals surface area contributed by atoms with E-state index < -0.39 is 5.41 Å². The Bertz CT molecular complexity index is 418. The predicted molar refractivity (Wildman–Crippen MR) is 60.0 cm³/mol. The van der Waals surface area contributed by atoms with Crippen LogP contribution in [0.1, 0.15) is 29.8 Å². The molecule has 0 saturated carbocycles. The Morgan fingerprint density at radius 3 is 2.60 bits per heavy atom. The normalized spacial score (nSPS) is 10.8. The Kier molecular flexibility index (Phi) is 3.49. The molecule has 1 rings (SSSR count). The molecule has 0 spiro atoms. The molecule has 0 saturated heterocycles. The molecule has 0 unspecified atom stereocenters. The minimum absolute atomic E-state index is 0.0883. The van der Waals surface area contributed by atoms with Crippen molar-refractivity contribution in [2.45, 2.75) is 13.8 Å². The monoisotopic (exact) mass is 221 g/mol. The zero-order chi connectivity index (χ0) is 11.5. The summed E-state index contributed by atoms with van der Waals surface area (Å²) in [7, 11) is 0. The largest absolute Gasteiger partial charge is 0.293 e. The number of ketones is 1. The van der Waals surface area contributed by atoms with Gasteiger partial charge in [0.15, 0.2) is 5.78 Å². The van der Waals surface area contributed by atoms with Crippen LogP contribution in [-0.4, -0.2) is 11.7 Å². The first-order valence-electron chi connectivity index (χ1n) is 4.63. The molecular formula is C12H12ClNO. The van der Waals surface area contributed by atoms with Gasteiger partial charge in [-0.3, -0.25) is 4.79 Å². The van der Waals surface area contributed by atoms with Crippen molar-refractivity contribution in [1.29, 1.82) is 5.26 Å². The number of nitrogens with zero attached hydrogens (tertiary/aromatic N) is 1. The maximum atomic E-state index is 12.0. The van der Waals surface area contributed by atoms with E-state index in [0.717, 1.165) is 0 Å². The minimum Gasteiger partial charge on any atom is -0.293 e. The van der Waals surface area contributed by atoms with Crippen LogP contribution in [0.3, 0.4) is 0 Å². The first-order valence-corrected chi connectivity index (χ1v) is 5.16. The highest BCUT2D eigenvalue weighted by atomic mass is 35.5. The topological polar surface area (TPSA) is 40.9 Å². The summed E-state index contributed by atoms with van der Waals surface area (Å²) in [4.78, 5) is 12.0. The molecule has 15 heavy (non-hydrogen) atoms. The van der Waals surface area contributed by atoms with Crippen molar-refractivity contribution in [2.75, 3.05) is 5.88 Å². The van der Waals surface area contributed by atoms with Crippen LogP contribution in [0.2, 0.25) is 0 Å². The van der Waals surface area contributed by atoms with Crippen molar-refractivity contribution in [1.82, 2.24) is 0 Å². The number of halogens is 1. The van der Waals surface area contributed by atoms with Gasteiger partial charge >= 0.3 is 0 Å². The minimum atomic E-state index is -0.630. The summed E-state index contributed by atoms with van der Waals surface area (Å²) < 4.78 is 0. The Morgan fingerprint density at radius 1 is 1.47 bits per heavy atom. The number of hydrogen-bond acceptors (Lipinski definition) is 2. The molecule has 78 valence electrons. The Balaban J connectivity index is 3.19. The number of benzene rings is 1. The van der Waals surface area contributed by atoms with Crippen LogP contribution < -0.4 is 0 Å². The smallest absolute Gasteiger partial charge is 0.170 e. The lowest BCUT2D eigenvalue weighted by molar-refractivity contribution is 0.0862. The van der Waals surface area contributed by atoms with Crippen LogP contribution in [0, 0.1) is 16.7 Å². The van der Waals surface area contributed by atoms with Gasteiger partial charge in [0, 0.05) is 16.9 Å². The van der Waals surface area contributed by atoms with Crippen LogP contribution in [0.15, 0.2) is 24.3 Å². The van der Waals surface area contributed by atoms with E-state index in [1.807, 2.05) is 6.07 Å². The summed E-state index contributed by atoms with van der Waals surface area (Å²) in [5.74, 6) is 0.153. The highest BCUT2D eigenvalue weighted by molar-refractivity contribution is 6.21. The molecule has 0 bridgehead atoms. The summed E-state index contributed by atoms with van der Waals surface area (Å²) in [6.07, 6.45) is 0. The zero-order valence-corrected chi connectivity index (χ0v) is 9.51. The number of nitriles is 1. The van der Waals surface area contributed by atoms with Crippen molar-refractivity contribution in [3.8, 4) is 6.07 Å². The molecule has 0 aliphatic rings. The molecule has 0 aliphatic heterocycles. The second-order valence-electron chi connectivity index (χ2n) is 4.00. The Labute approximate surface area is 94.5 Å². The van der Waals surface area contributed by atoms with E-state index in [1.54, 1.807) is 38.1 Å². The third-order valence-corrected chi connectivity index (χ3v) is 2.91. The maximum absolute atomic E-state index is 12.0. The predicted octanol–water partition coefficient (Wildman–Crippen LogP) is 3.01. The SMILES string of the molecule is CC(C)(CCl)C(=O)c1ccccc1C#N. The summed E-state index contributed by atoms with van der Waals surface area (Å²) in [5.41, 5.74) is 0.223. The number of carbonyl (C=O) groups is 1. The first-order chi connectivity index (χ1) is 7.03. The van der Waals surface area contributed by atoms with E-state index in [4.69, 9.17) is 16.9 Å². The maximum Gasteiger partial charge on any atom is 0.170 e. The zero-order valence-electron chi connectivity index (χ0n) is 8.75. The van der Waals surface area contributed by atoms with Crippen molar-refractivity contribution < 1.29 is 4.79 Å². The Hall–Kier alpha value is -1.33. The van der Waals surface area contributed by atoms with Crippen molar-refractivity contribution in [3.05, 3.63) is 35.4 Å². The van der Waals surface area contributed by atoms with Gasteiger partial charge in [-0.25, -0.2) is 0 Å². The van der Waals surface area contributed by atoms with Gasteiger partial charge in [-0.1, -0.05) is 32.0 Å². The van der Waals surface area contributed by atoms with Crippen LogP contribution in [0.4, 0.5) is 0 Å². The van der Waals surface area contributed by atoms with Gasteiger partial charge in [-0.05, 0) is 6.07 Å². The molecule has 2 nitrogen and oxygen atoms in total. The molecule has 3 heteroatoms. The van der Waals surface area contributed by atoms with Gasteiger partial charge < -0.3 is 0 Å². The Morgan fingerprint density at radius 2 is 2.07 bits per heavy atom. The first kappa shape index (κ1) is 11.7. The van der Waals surface area contributed by atoms with E-state index in [1.165, 1.54) is 0 Å². The van der Waals surface area contributed by atoms with Gasteiger partial charge in [0.25, 0.3) is 0 Å². The molecule has 0 aliphatic carbocycles. The van der Waals surface area contributed by atoms with Gasteiger partial charge in [-0.15, -0.1) is 11.6 Å². The third kappa shape index (κ3) is 2.37. The quantitative estimate of drug-likeness (QED) is 0.582. The lowest BCUT2D eigenvalue weighted by atomic mass is 9.84. The fourth-order valence-electron chi connectivity index (χ4n) is 1.20. The molecule has 0 heterocycles. The molecular weight excluding hydrogens is 210 g/mol. The van der Waals surface area contributed by atoms with Crippen LogP contribution in [0.25, 0.3) is 0 Å². The number of carbonyl (C=O) groups excluding carboxylic acids is 1. The molecule has 1 aromatic carbocycles. The summed E-state index contributed by atoms with van der Waals surface area (Å²) in [5, 5.41) is 8.87. The van der Waals surface area contributed by atoms with E-state index in [0.29, 0.717) is 11.1 Å². The second kappa shape index (κ2) is 4.46. The molecule has 1 aromatic rings. The van der Waals surface area contributed by atoms with Crippen LogP contribution in [0.5, 0.6) is 0 Å². The molecule has 0 aromatic heterocycles. The lowest BCUT2D eigenvalue weighted by Crippen LogP contribution is -2.26. The molecule has 0 atom stereocenters. The summed E-state index contributed by atoms with van der Waals surface area (Å²) in [6, 6.07) is 8.79. The van der Waals surface area contributed by atoms with E-state index in [2.05, 4.69) is 0 Å². The highest BCUT2D eigenvalue weighted by Gasteiger charge is 2.28. The average Bonchev–Trinajstić information content (AvgIpc) is 2.28. The van der Waals surface area contributed by atoms with Crippen molar-refractivity contribution in [2.24, 2.45) is 5.41 Å². The highest BCUT2D eigenvalue weighted by Crippen LogP contribution is 2.24. The number of rotatable bonds is 3.